The monoisotopic (exact) mass is 910 g/mol. The molecule has 0 saturated carbocycles. The van der Waals surface area contributed by atoms with Gasteiger partial charge >= 0.3 is 0 Å². The van der Waals surface area contributed by atoms with Gasteiger partial charge in [-0.3, -0.25) is 4.79 Å². The first-order valence-corrected chi connectivity index (χ1v) is 27.9. The molecule has 0 radical (unpaired) electrons. The molecule has 0 aromatic rings. The molecule has 64 heavy (non-hydrogen) atoms. The molecule has 0 aromatic carbocycles. The Balaban J connectivity index is 2.08. The van der Waals surface area contributed by atoms with Crippen LogP contribution < -0.4 is 5.32 Å². The summed E-state index contributed by atoms with van der Waals surface area (Å²) in [5, 5.41) is 54.2. The molecule has 0 aromatic heterocycles. The Kier molecular flexibility index (Phi) is 43.5. The van der Waals surface area contributed by atoms with E-state index in [0.29, 0.717) is 6.42 Å². The number of amides is 1. The van der Waals surface area contributed by atoms with Crippen molar-refractivity contribution in [1.82, 2.24) is 5.32 Å². The number of aliphatic hydroxyl groups is 5. The van der Waals surface area contributed by atoms with Gasteiger partial charge in [0, 0.05) is 6.42 Å². The normalized spacial score (nSPS) is 20.0. The Morgan fingerprint density at radius 3 is 1.22 bits per heavy atom. The molecular formula is C55H107NO8. The van der Waals surface area contributed by atoms with Crippen molar-refractivity contribution in [1.29, 1.82) is 0 Å². The molecule has 0 bridgehead atoms. The predicted octanol–water partition coefficient (Wildman–Crippen LogP) is 13.2. The van der Waals surface area contributed by atoms with Gasteiger partial charge in [0.2, 0.25) is 5.91 Å². The van der Waals surface area contributed by atoms with Crippen LogP contribution in [0.5, 0.6) is 0 Å². The number of carbonyl (C=O) groups is 1. The molecule has 380 valence electrons. The van der Waals surface area contributed by atoms with Crippen molar-refractivity contribution in [3.63, 3.8) is 0 Å². The summed E-state index contributed by atoms with van der Waals surface area (Å²) in [5.41, 5.74) is 0. The lowest BCUT2D eigenvalue weighted by Crippen LogP contribution is -2.60. The molecule has 0 aliphatic carbocycles. The van der Waals surface area contributed by atoms with E-state index in [1.54, 1.807) is 6.08 Å². The van der Waals surface area contributed by atoms with Crippen molar-refractivity contribution in [2.45, 2.75) is 320 Å². The van der Waals surface area contributed by atoms with Gasteiger partial charge in [0.05, 0.1) is 25.4 Å². The number of aliphatic hydroxyl groups excluding tert-OH is 5. The lowest BCUT2D eigenvalue weighted by atomic mass is 9.99. The van der Waals surface area contributed by atoms with Crippen LogP contribution in [0, 0.1) is 0 Å². The third-order valence-electron chi connectivity index (χ3n) is 13.6. The first-order valence-electron chi connectivity index (χ1n) is 27.9. The van der Waals surface area contributed by atoms with E-state index in [1.165, 1.54) is 218 Å². The molecular weight excluding hydrogens is 803 g/mol. The highest BCUT2D eigenvalue weighted by Gasteiger charge is 2.44. The SMILES string of the molecule is CCCCCCCCCC/C=C/[C@@H](O)[C@H](CO[C@@H]1O[C@H](CO)[C@@H](O)C(O)C1O)NC(=O)CCCCCCCCCCCCCCCCCCCCCCCCCCCCCCCCC. The van der Waals surface area contributed by atoms with Crippen molar-refractivity contribution in [2.24, 2.45) is 0 Å². The van der Waals surface area contributed by atoms with E-state index in [-0.39, 0.29) is 12.5 Å². The van der Waals surface area contributed by atoms with Crippen molar-refractivity contribution < 1.29 is 39.8 Å². The van der Waals surface area contributed by atoms with Gasteiger partial charge in [-0.1, -0.05) is 264 Å². The standard InChI is InChI=1S/C55H107NO8/c1-3-5-7-9-11-13-15-16-17-18-19-20-21-22-23-24-25-26-27-28-29-30-31-32-33-34-35-37-39-41-43-45-51(59)56-48(47-63-55-54(62)53(61)52(60)50(46-57)64-55)49(58)44-42-40-38-36-14-12-10-8-6-4-2/h42,44,48-50,52-55,57-58,60-62H,3-41,43,45-47H2,1-2H3,(H,56,59)/b44-42+/t48-,49+,50+,52+,53?,54?,55+/m0/s1. The van der Waals surface area contributed by atoms with Crippen LogP contribution in [-0.2, 0) is 14.3 Å². The number of hydrogen-bond donors (Lipinski definition) is 6. The lowest BCUT2D eigenvalue weighted by Gasteiger charge is -2.40. The van der Waals surface area contributed by atoms with Gasteiger partial charge in [-0.05, 0) is 19.3 Å². The van der Waals surface area contributed by atoms with Crippen LogP contribution in [0.2, 0.25) is 0 Å². The maximum Gasteiger partial charge on any atom is 0.220 e. The molecule has 0 spiro atoms. The van der Waals surface area contributed by atoms with Gasteiger partial charge in [-0.2, -0.15) is 0 Å². The number of allylic oxidation sites excluding steroid dienone is 1. The van der Waals surface area contributed by atoms with Crippen LogP contribution in [0.15, 0.2) is 12.2 Å². The second-order valence-electron chi connectivity index (χ2n) is 19.7. The summed E-state index contributed by atoms with van der Waals surface area (Å²) in [6.45, 7) is 3.78. The predicted molar refractivity (Wildman–Crippen MR) is 267 cm³/mol. The highest BCUT2D eigenvalue weighted by Crippen LogP contribution is 2.23. The summed E-state index contributed by atoms with van der Waals surface area (Å²) in [7, 11) is 0. The first kappa shape index (κ1) is 60.9. The molecule has 1 fully saturated rings. The maximum absolute atomic E-state index is 13.0. The number of ether oxygens (including phenoxy) is 2. The summed E-state index contributed by atoms with van der Waals surface area (Å²) in [4.78, 5) is 13.0. The highest BCUT2D eigenvalue weighted by molar-refractivity contribution is 5.76. The fourth-order valence-corrected chi connectivity index (χ4v) is 9.16. The zero-order valence-corrected chi connectivity index (χ0v) is 42.1. The van der Waals surface area contributed by atoms with E-state index < -0.39 is 49.5 Å². The molecule has 1 heterocycles. The molecule has 9 nitrogen and oxygen atoms in total. The Morgan fingerprint density at radius 1 is 0.516 bits per heavy atom. The second-order valence-corrected chi connectivity index (χ2v) is 19.7. The average molecular weight is 910 g/mol. The molecule has 1 aliphatic heterocycles. The number of nitrogens with one attached hydrogen (secondary N) is 1. The zero-order valence-electron chi connectivity index (χ0n) is 42.1. The van der Waals surface area contributed by atoms with Crippen LogP contribution in [0.1, 0.15) is 277 Å². The molecule has 1 amide bonds. The van der Waals surface area contributed by atoms with Crippen LogP contribution in [0.4, 0.5) is 0 Å². The van der Waals surface area contributed by atoms with Gasteiger partial charge in [-0.25, -0.2) is 0 Å². The van der Waals surface area contributed by atoms with E-state index in [2.05, 4.69) is 19.2 Å². The number of unbranched alkanes of at least 4 members (excludes halogenated alkanes) is 38. The fraction of sp³-hybridized carbons (Fsp3) is 0.945. The van der Waals surface area contributed by atoms with Crippen molar-refractivity contribution in [2.75, 3.05) is 13.2 Å². The summed E-state index contributed by atoms with van der Waals surface area (Å²) < 4.78 is 11.2. The molecule has 1 rings (SSSR count). The van der Waals surface area contributed by atoms with Crippen molar-refractivity contribution in [3.8, 4) is 0 Å². The van der Waals surface area contributed by atoms with Gasteiger partial charge in [0.15, 0.2) is 6.29 Å². The number of rotatable bonds is 48. The summed E-state index contributed by atoms with van der Waals surface area (Å²) in [6.07, 6.45) is 48.8. The zero-order chi connectivity index (χ0) is 46.6. The molecule has 1 aliphatic rings. The highest BCUT2D eigenvalue weighted by atomic mass is 16.7. The van der Waals surface area contributed by atoms with E-state index in [1.807, 2.05) is 6.08 Å². The lowest BCUT2D eigenvalue weighted by molar-refractivity contribution is -0.302. The Labute approximate surface area is 395 Å². The van der Waals surface area contributed by atoms with Crippen LogP contribution in [0.3, 0.4) is 0 Å². The van der Waals surface area contributed by atoms with Crippen molar-refractivity contribution in [3.05, 3.63) is 12.2 Å². The fourth-order valence-electron chi connectivity index (χ4n) is 9.16. The Morgan fingerprint density at radius 2 is 0.859 bits per heavy atom. The average Bonchev–Trinajstić information content (AvgIpc) is 3.29. The molecule has 1 saturated heterocycles. The largest absolute Gasteiger partial charge is 0.394 e. The quantitative estimate of drug-likeness (QED) is 0.0261. The Bertz CT molecular complexity index is 1010. The summed E-state index contributed by atoms with van der Waals surface area (Å²) in [5.74, 6) is -0.173. The molecule has 6 N–H and O–H groups in total. The van der Waals surface area contributed by atoms with E-state index in [0.717, 1.165) is 38.5 Å². The van der Waals surface area contributed by atoms with Gasteiger partial charge in [0.1, 0.15) is 24.4 Å². The minimum absolute atomic E-state index is 0.173. The third kappa shape index (κ3) is 35.1. The summed E-state index contributed by atoms with van der Waals surface area (Å²) >= 11 is 0. The minimum Gasteiger partial charge on any atom is -0.394 e. The summed E-state index contributed by atoms with van der Waals surface area (Å²) in [6, 6.07) is -0.798. The third-order valence-corrected chi connectivity index (χ3v) is 13.6. The Hall–Kier alpha value is -1.07. The molecule has 7 atom stereocenters. The number of carbonyl (C=O) groups excluding carboxylic acids is 1. The van der Waals surface area contributed by atoms with Crippen LogP contribution in [-0.4, -0.2) is 87.5 Å². The maximum atomic E-state index is 13.0. The van der Waals surface area contributed by atoms with Gasteiger partial charge in [0.25, 0.3) is 0 Å². The van der Waals surface area contributed by atoms with Crippen LogP contribution >= 0.6 is 0 Å². The topological polar surface area (TPSA) is 149 Å². The molecule has 2 unspecified atom stereocenters. The van der Waals surface area contributed by atoms with Gasteiger partial charge < -0.3 is 40.3 Å². The molecule has 9 heteroatoms. The van der Waals surface area contributed by atoms with Crippen LogP contribution in [0.25, 0.3) is 0 Å². The second kappa shape index (κ2) is 45.7. The minimum atomic E-state index is -1.56. The number of hydrogen-bond acceptors (Lipinski definition) is 8. The van der Waals surface area contributed by atoms with Crippen molar-refractivity contribution >= 4 is 5.91 Å². The van der Waals surface area contributed by atoms with E-state index >= 15 is 0 Å². The van der Waals surface area contributed by atoms with E-state index in [9.17, 15) is 30.3 Å². The smallest absolute Gasteiger partial charge is 0.220 e. The van der Waals surface area contributed by atoms with E-state index in [4.69, 9.17) is 9.47 Å². The van der Waals surface area contributed by atoms with Gasteiger partial charge in [-0.15, -0.1) is 0 Å². The first-order chi connectivity index (χ1) is 31.3.